The zero-order valence-electron chi connectivity index (χ0n) is 93.1. The van der Waals surface area contributed by atoms with Crippen LogP contribution < -0.4 is 0 Å². The summed E-state index contributed by atoms with van der Waals surface area (Å²) in [6, 6.07) is 0. The summed E-state index contributed by atoms with van der Waals surface area (Å²) in [6.45, 7) is 87.3. The lowest BCUT2D eigenvalue weighted by Crippen LogP contribution is -2.37. The number of hydrogen-bond donors (Lipinski definition) is 0. The van der Waals surface area contributed by atoms with Crippen LogP contribution in [0.25, 0.3) is 0 Å². The van der Waals surface area contributed by atoms with Gasteiger partial charge >= 0.3 is 0 Å². The molecule has 768 valence electrons. The van der Waals surface area contributed by atoms with Crippen LogP contribution in [-0.4, -0.2) is 92.5 Å². The van der Waals surface area contributed by atoms with Crippen molar-refractivity contribution in [1.82, 2.24) is 0 Å². The largest absolute Gasteiger partial charge is 0.381 e. The minimum Gasteiger partial charge on any atom is -0.381 e. The Labute approximate surface area is 801 Å². The van der Waals surface area contributed by atoms with Gasteiger partial charge in [0.25, 0.3) is 0 Å². The molecule has 7 nitrogen and oxygen atoms in total. The molecule has 10 atom stereocenters. The van der Waals surface area contributed by atoms with E-state index in [2.05, 4.69) is 222 Å². The SMILES string of the molecule is C.CCCC(CC)C(CC)C(CC)CCCC(CC)C(CC)C(CC)CCC.CCCC(CC)COCC(CC)COCC(CC)CCC.CCCC(CC)COCC(CC)COCC(CC)CCC.CCCC(CCC)(CCC)COCC(CCC)(CCC)CCC.CCCC(CCC)(CCC)COCC(CCC)(CCC)COCC(CCC)(CCC)CCC. The molecule has 0 aliphatic carbocycles. The average molecular weight is 1790 g/mol. The molecule has 10 unspecified atom stereocenters. The summed E-state index contributed by atoms with van der Waals surface area (Å²) in [4.78, 5) is 0. The second kappa shape index (κ2) is 95.1. The molecule has 0 bridgehead atoms. The second-order valence-electron chi connectivity index (χ2n) is 41.8. The number of ether oxygens (including phenoxy) is 7. The fourth-order valence-electron chi connectivity index (χ4n) is 23.5. The molecule has 0 rings (SSSR count). The first kappa shape index (κ1) is 136. The van der Waals surface area contributed by atoms with Gasteiger partial charge in [-0.15, -0.1) is 0 Å². The molecule has 0 N–H and O–H groups in total. The normalized spacial score (nSPS) is 15.0. The van der Waals surface area contributed by atoms with Gasteiger partial charge in [0.05, 0.1) is 66.1 Å². The van der Waals surface area contributed by atoms with E-state index in [4.69, 9.17) is 33.2 Å². The molecule has 0 aromatic heterocycles. The van der Waals surface area contributed by atoms with Crippen molar-refractivity contribution in [1.29, 1.82) is 0 Å². The molecule has 7 heteroatoms. The monoisotopic (exact) mass is 1790 g/mol. The third kappa shape index (κ3) is 66.2. The lowest BCUT2D eigenvalue weighted by atomic mass is 9.71. The van der Waals surface area contributed by atoms with Gasteiger partial charge in [0.2, 0.25) is 0 Å². The summed E-state index contributed by atoms with van der Waals surface area (Å²) in [5, 5.41) is 0. The Morgan fingerprint density at radius 1 is 0.151 bits per heavy atom. The van der Waals surface area contributed by atoms with Crippen LogP contribution in [0.3, 0.4) is 0 Å². The van der Waals surface area contributed by atoms with Crippen molar-refractivity contribution >= 4 is 0 Å². The molecule has 0 spiro atoms. The minimum absolute atomic E-state index is 0. The number of rotatable bonds is 88. The molecule has 0 aliphatic heterocycles. The van der Waals surface area contributed by atoms with E-state index < -0.39 is 0 Å². The van der Waals surface area contributed by atoms with E-state index in [0.29, 0.717) is 33.5 Å². The summed E-state index contributed by atoms with van der Waals surface area (Å²) in [5.41, 5.74) is 1.81. The maximum absolute atomic E-state index is 6.67. The third-order valence-electron chi connectivity index (χ3n) is 30.4. The van der Waals surface area contributed by atoms with Crippen LogP contribution in [0.15, 0.2) is 0 Å². The van der Waals surface area contributed by atoms with E-state index in [-0.39, 0.29) is 12.8 Å². The quantitative estimate of drug-likeness (QED) is 0.0601. The van der Waals surface area contributed by atoms with Crippen LogP contribution in [0, 0.1) is 98.1 Å². The van der Waals surface area contributed by atoms with Gasteiger partial charge in [-0.25, -0.2) is 0 Å². The van der Waals surface area contributed by atoms with Crippen LogP contribution in [0.4, 0.5) is 0 Å². The molecule has 0 heterocycles. The Hall–Kier alpha value is -0.280. The Kier molecular flexibility index (Phi) is 103. The number of hydrogen-bond acceptors (Lipinski definition) is 7. The fraction of sp³-hybridized carbons (Fsp3) is 1.00. The van der Waals surface area contributed by atoms with Gasteiger partial charge in [0, 0.05) is 43.7 Å². The van der Waals surface area contributed by atoms with E-state index in [1.54, 1.807) is 0 Å². The topological polar surface area (TPSA) is 64.6 Å². The molecular formula is C119H250O7. The second-order valence-corrected chi connectivity index (χ2v) is 41.8. The van der Waals surface area contributed by atoms with Crippen LogP contribution in [0.2, 0.25) is 0 Å². The standard InChI is InChI=1S/C31H64O2.C27H56.C22H46O.2C19H40O2.CH4/c1-9-17-29(18-10-2,19-11-3)25-32-27-31(23-15-7,24-16-8)28-33-26-30(20-12-4,21-13-5)22-14-6;1-9-18-22(11-3)26(15-7)24(13-5)20-17-21-25(14-6)27(16-8)23(12-4)19-10-2;1-7-13-21(14-8-2,15-9-3)19-23-20-22(16-10-4,17-11-5)18-12-6;2*1-6-11-17(8-3)13-20-15-19(10-5)16-21-14-18(9-4)12-7-2;/h9-28H2,1-8H3;22-27H,9-21H2,1-8H3;7-20H2,1-6H3;2*17-19H,6-16H2,1-5H3;1H4. The van der Waals surface area contributed by atoms with Gasteiger partial charge < -0.3 is 33.2 Å². The molecule has 0 saturated carbocycles. The maximum Gasteiger partial charge on any atom is 0.0544 e. The zero-order valence-corrected chi connectivity index (χ0v) is 93.1. The maximum atomic E-state index is 6.67. The molecule has 0 amide bonds. The first-order valence-electron chi connectivity index (χ1n) is 57.5. The Balaban J connectivity index is -0.000000360. The molecule has 0 fully saturated rings. The molecule has 0 saturated heterocycles. The Bertz CT molecular complexity index is 1810. The summed E-state index contributed by atoms with van der Waals surface area (Å²) < 4.78 is 43.6. The van der Waals surface area contributed by atoms with Crippen LogP contribution in [0.5, 0.6) is 0 Å². The van der Waals surface area contributed by atoms with Gasteiger partial charge in [-0.2, -0.15) is 0 Å². The summed E-state index contributed by atoms with van der Waals surface area (Å²) in [5.74, 6) is 9.84. The van der Waals surface area contributed by atoms with Gasteiger partial charge in [0.15, 0.2) is 0 Å². The average Bonchev–Trinajstić information content (AvgIpc) is 0.840. The van der Waals surface area contributed by atoms with E-state index >= 15 is 0 Å². The summed E-state index contributed by atoms with van der Waals surface area (Å²) in [7, 11) is 0. The summed E-state index contributed by atoms with van der Waals surface area (Å²) in [6.07, 6.45) is 71.7. The van der Waals surface area contributed by atoms with Crippen molar-refractivity contribution in [2.75, 3.05) is 92.5 Å². The van der Waals surface area contributed by atoms with Gasteiger partial charge in [0.1, 0.15) is 0 Å². The molecule has 0 aromatic carbocycles. The predicted molar refractivity (Wildman–Crippen MR) is 572 cm³/mol. The lowest BCUT2D eigenvalue weighted by Gasteiger charge is -2.39. The van der Waals surface area contributed by atoms with E-state index in [0.717, 1.165) is 165 Å². The molecule has 0 aromatic rings. The molecule has 0 aliphatic rings. The van der Waals surface area contributed by atoms with Crippen molar-refractivity contribution in [3.63, 3.8) is 0 Å². The Morgan fingerprint density at radius 2 is 0.310 bits per heavy atom. The molecular weight excluding hydrogens is 1540 g/mol. The predicted octanol–water partition coefficient (Wildman–Crippen LogP) is 40.1. The van der Waals surface area contributed by atoms with Crippen LogP contribution in [0.1, 0.15) is 582 Å². The van der Waals surface area contributed by atoms with Crippen molar-refractivity contribution in [3.05, 3.63) is 0 Å². The smallest absolute Gasteiger partial charge is 0.0544 e. The minimum atomic E-state index is 0. The summed E-state index contributed by atoms with van der Waals surface area (Å²) >= 11 is 0. The van der Waals surface area contributed by atoms with Crippen molar-refractivity contribution in [2.24, 2.45) is 98.1 Å². The van der Waals surface area contributed by atoms with E-state index in [1.165, 1.54) is 340 Å². The molecule has 0 radical (unpaired) electrons. The fourth-order valence-corrected chi connectivity index (χ4v) is 23.5. The highest BCUT2D eigenvalue weighted by atomic mass is 16.5. The van der Waals surface area contributed by atoms with Gasteiger partial charge in [-0.1, -0.05) is 454 Å². The van der Waals surface area contributed by atoms with Crippen molar-refractivity contribution in [2.45, 2.75) is 582 Å². The van der Waals surface area contributed by atoms with Crippen molar-refractivity contribution < 1.29 is 33.2 Å². The Morgan fingerprint density at radius 3 is 0.460 bits per heavy atom. The van der Waals surface area contributed by atoms with Gasteiger partial charge in [-0.3, -0.25) is 0 Å². The highest BCUT2D eigenvalue weighted by molar-refractivity contribution is 4.87. The van der Waals surface area contributed by atoms with E-state index in [1.807, 2.05) is 0 Å². The van der Waals surface area contributed by atoms with Crippen molar-refractivity contribution in [3.8, 4) is 0 Å². The first-order chi connectivity index (χ1) is 60.5. The first-order valence-corrected chi connectivity index (χ1v) is 57.5. The van der Waals surface area contributed by atoms with E-state index in [9.17, 15) is 0 Å². The third-order valence-corrected chi connectivity index (χ3v) is 30.4. The lowest BCUT2D eigenvalue weighted by molar-refractivity contribution is -0.0768. The van der Waals surface area contributed by atoms with Crippen LogP contribution >= 0.6 is 0 Å². The zero-order chi connectivity index (χ0) is 95.2. The van der Waals surface area contributed by atoms with Crippen LogP contribution in [-0.2, 0) is 33.2 Å². The van der Waals surface area contributed by atoms with Gasteiger partial charge in [-0.05, 0) is 209 Å². The highest BCUT2D eigenvalue weighted by Crippen LogP contribution is 2.44. The molecule has 126 heavy (non-hydrogen) atoms. The highest BCUT2D eigenvalue weighted by Gasteiger charge is 2.37.